The molecule has 122 valence electrons. The molecular formula is C16H12N2O6. The number of esters is 1. The molecule has 3 rings (SSSR count). The fraction of sp³-hybridized carbons (Fsp3) is 0.125. The van der Waals surface area contributed by atoms with Crippen molar-refractivity contribution < 1.29 is 23.4 Å². The molecule has 0 saturated carbocycles. The van der Waals surface area contributed by atoms with E-state index in [9.17, 15) is 14.9 Å². The average Bonchev–Trinajstić information content (AvgIpc) is 3.23. The van der Waals surface area contributed by atoms with Gasteiger partial charge < -0.3 is 13.7 Å². The largest absolute Gasteiger partial charge is 0.461 e. The van der Waals surface area contributed by atoms with Crippen LogP contribution in [0.3, 0.4) is 0 Å². The van der Waals surface area contributed by atoms with E-state index in [1.54, 1.807) is 25.1 Å². The maximum Gasteiger partial charge on any atom is 0.338 e. The highest BCUT2D eigenvalue weighted by molar-refractivity contribution is 5.90. The van der Waals surface area contributed by atoms with E-state index in [2.05, 4.69) is 5.16 Å². The van der Waals surface area contributed by atoms with Crippen molar-refractivity contribution in [1.82, 2.24) is 5.16 Å². The van der Waals surface area contributed by atoms with Crippen LogP contribution in [0.4, 0.5) is 5.69 Å². The fourth-order valence-corrected chi connectivity index (χ4v) is 2.12. The molecule has 0 radical (unpaired) electrons. The van der Waals surface area contributed by atoms with Crippen LogP contribution in [0.2, 0.25) is 0 Å². The number of aryl methyl sites for hydroxylation is 1. The number of nitrogens with zero attached hydrogens (tertiary/aromatic N) is 2. The van der Waals surface area contributed by atoms with Crippen LogP contribution < -0.4 is 0 Å². The van der Waals surface area contributed by atoms with Crippen molar-refractivity contribution in [3.63, 3.8) is 0 Å². The van der Waals surface area contributed by atoms with Gasteiger partial charge >= 0.3 is 5.97 Å². The predicted molar refractivity (Wildman–Crippen MR) is 81.2 cm³/mol. The van der Waals surface area contributed by atoms with Gasteiger partial charge in [0.25, 0.3) is 5.69 Å². The summed E-state index contributed by atoms with van der Waals surface area (Å²) in [6, 6.07) is 9.08. The van der Waals surface area contributed by atoms with Gasteiger partial charge in [-0.05, 0) is 31.2 Å². The summed E-state index contributed by atoms with van der Waals surface area (Å²) in [5.41, 5.74) is 0.989. The molecule has 0 aliphatic rings. The molecule has 0 aliphatic carbocycles. The third-order valence-corrected chi connectivity index (χ3v) is 3.30. The van der Waals surface area contributed by atoms with Gasteiger partial charge in [0, 0.05) is 17.7 Å². The number of hydrogen-bond donors (Lipinski definition) is 0. The second kappa shape index (κ2) is 6.37. The van der Waals surface area contributed by atoms with Gasteiger partial charge in [-0.3, -0.25) is 10.1 Å². The zero-order valence-corrected chi connectivity index (χ0v) is 12.6. The van der Waals surface area contributed by atoms with Crippen molar-refractivity contribution >= 4 is 11.7 Å². The minimum atomic E-state index is -0.601. The minimum absolute atomic E-state index is 0.0499. The Morgan fingerprint density at radius 2 is 2.12 bits per heavy atom. The van der Waals surface area contributed by atoms with E-state index >= 15 is 0 Å². The molecule has 0 amide bonds. The number of nitro benzene ring substituents is 1. The van der Waals surface area contributed by atoms with Gasteiger partial charge in [-0.1, -0.05) is 5.16 Å². The molecular weight excluding hydrogens is 316 g/mol. The standard InChI is InChI=1S/C16H12N2O6/c1-10-7-11(4-5-13(10)18(20)21)16(19)23-9-12-8-15(24-17-12)14-3-2-6-22-14/h2-8H,9H2,1H3. The first-order valence-electron chi connectivity index (χ1n) is 6.96. The molecule has 0 aliphatic heterocycles. The SMILES string of the molecule is Cc1cc(C(=O)OCc2cc(-c3ccco3)on2)ccc1[N+](=O)[O-]. The lowest BCUT2D eigenvalue weighted by molar-refractivity contribution is -0.385. The van der Waals surface area contributed by atoms with Crippen LogP contribution in [-0.2, 0) is 11.3 Å². The zero-order valence-electron chi connectivity index (χ0n) is 12.6. The third kappa shape index (κ3) is 3.17. The number of aromatic nitrogens is 1. The Morgan fingerprint density at radius 3 is 2.79 bits per heavy atom. The molecule has 0 N–H and O–H groups in total. The summed E-state index contributed by atoms with van der Waals surface area (Å²) in [5.74, 6) is 0.346. The van der Waals surface area contributed by atoms with Gasteiger partial charge in [0.15, 0.2) is 5.76 Å². The molecule has 8 nitrogen and oxygen atoms in total. The normalized spacial score (nSPS) is 10.5. The smallest absolute Gasteiger partial charge is 0.338 e. The maximum absolute atomic E-state index is 12.0. The summed E-state index contributed by atoms with van der Waals surface area (Å²) >= 11 is 0. The van der Waals surface area contributed by atoms with Crippen molar-refractivity contribution in [2.24, 2.45) is 0 Å². The van der Waals surface area contributed by atoms with E-state index in [0.29, 0.717) is 22.8 Å². The first-order valence-corrected chi connectivity index (χ1v) is 6.96. The molecule has 0 atom stereocenters. The number of rotatable bonds is 5. The van der Waals surface area contributed by atoms with Crippen LogP contribution >= 0.6 is 0 Å². The van der Waals surface area contributed by atoms with Crippen molar-refractivity contribution in [1.29, 1.82) is 0 Å². The van der Waals surface area contributed by atoms with Crippen LogP contribution in [0.5, 0.6) is 0 Å². The van der Waals surface area contributed by atoms with Crippen molar-refractivity contribution in [3.05, 3.63) is 69.6 Å². The molecule has 24 heavy (non-hydrogen) atoms. The summed E-state index contributed by atoms with van der Waals surface area (Å²) in [6.07, 6.45) is 1.51. The van der Waals surface area contributed by atoms with Gasteiger partial charge in [0.05, 0.1) is 16.7 Å². The number of nitro groups is 1. The zero-order chi connectivity index (χ0) is 17.1. The summed E-state index contributed by atoms with van der Waals surface area (Å²) in [6.45, 7) is 1.47. The Hall–Kier alpha value is -3.42. The molecule has 3 aromatic rings. The number of carbonyl (C=O) groups is 1. The molecule has 0 spiro atoms. The van der Waals surface area contributed by atoms with Crippen molar-refractivity contribution in [2.45, 2.75) is 13.5 Å². The number of benzene rings is 1. The predicted octanol–water partition coefficient (Wildman–Crippen LogP) is 3.51. The van der Waals surface area contributed by atoms with Crippen LogP contribution in [0.15, 0.2) is 51.6 Å². The summed E-state index contributed by atoms with van der Waals surface area (Å²) in [5, 5.41) is 14.6. The summed E-state index contributed by atoms with van der Waals surface area (Å²) < 4.78 is 15.4. The topological polar surface area (TPSA) is 109 Å². The van der Waals surface area contributed by atoms with Crippen LogP contribution in [0, 0.1) is 17.0 Å². The second-order valence-electron chi connectivity index (χ2n) is 4.99. The highest BCUT2D eigenvalue weighted by Gasteiger charge is 2.16. The lowest BCUT2D eigenvalue weighted by Gasteiger charge is -2.04. The number of carbonyl (C=O) groups excluding carboxylic acids is 1. The first-order chi connectivity index (χ1) is 11.5. The molecule has 0 bridgehead atoms. The molecule has 1 aromatic carbocycles. The first kappa shape index (κ1) is 15.5. The second-order valence-corrected chi connectivity index (χ2v) is 4.99. The highest BCUT2D eigenvalue weighted by Crippen LogP contribution is 2.22. The fourth-order valence-electron chi connectivity index (χ4n) is 2.12. The van der Waals surface area contributed by atoms with Gasteiger partial charge in [0.2, 0.25) is 5.76 Å². The summed E-state index contributed by atoms with van der Waals surface area (Å²) in [7, 11) is 0. The quantitative estimate of drug-likeness (QED) is 0.400. The maximum atomic E-state index is 12.0. The lowest BCUT2D eigenvalue weighted by atomic mass is 10.1. The number of hydrogen-bond acceptors (Lipinski definition) is 7. The van der Waals surface area contributed by atoms with E-state index in [4.69, 9.17) is 13.7 Å². The molecule has 0 saturated heterocycles. The van der Waals surface area contributed by atoms with Gasteiger partial charge in [-0.15, -0.1) is 0 Å². The average molecular weight is 328 g/mol. The molecule has 2 aromatic heterocycles. The van der Waals surface area contributed by atoms with Crippen LogP contribution in [0.25, 0.3) is 11.5 Å². The summed E-state index contributed by atoms with van der Waals surface area (Å²) in [4.78, 5) is 22.3. The molecule has 0 fully saturated rings. The van der Waals surface area contributed by atoms with Gasteiger partial charge in [0.1, 0.15) is 12.3 Å². The van der Waals surface area contributed by atoms with Gasteiger partial charge in [-0.25, -0.2) is 4.79 Å². The Bertz CT molecular complexity index is 882. The molecule has 0 unspecified atom stereocenters. The van der Waals surface area contributed by atoms with E-state index in [-0.39, 0.29) is 17.9 Å². The number of ether oxygens (including phenoxy) is 1. The van der Waals surface area contributed by atoms with Crippen LogP contribution in [-0.4, -0.2) is 16.0 Å². The molecule has 2 heterocycles. The van der Waals surface area contributed by atoms with Crippen molar-refractivity contribution in [3.8, 4) is 11.5 Å². The minimum Gasteiger partial charge on any atom is -0.461 e. The lowest BCUT2D eigenvalue weighted by Crippen LogP contribution is -2.06. The number of furan rings is 1. The van der Waals surface area contributed by atoms with E-state index in [0.717, 1.165) is 0 Å². The highest BCUT2D eigenvalue weighted by atomic mass is 16.6. The Balaban J connectivity index is 1.65. The monoisotopic (exact) mass is 328 g/mol. The third-order valence-electron chi connectivity index (χ3n) is 3.30. The Morgan fingerprint density at radius 1 is 1.29 bits per heavy atom. The van der Waals surface area contributed by atoms with E-state index in [1.165, 1.54) is 24.5 Å². The van der Waals surface area contributed by atoms with Crippen molar-refractivity contribution in [2.75, 3.05) is 0 Å². The van der Waals surface area contributed by atoms with Crippen LogP contribution in [0.1, 0.15) is 21.6 Å². The Labute approximate surface area is 135 Å². The Kier molecular flexibility index (Phi) is 4.11. The molecule has 8 heteroatoms. The van der Waals surface area contributed by atoms with E-state index in [1.807, 2.05) is 0 Å². The van der Waals surface area contributed by atoms with E-state index < -0.39 is 10.9 Å². The van der Waals surface area contributed by atoms with Gasteiger partial charge in [-0.2, -0.15) is 0 Å².